The van der Waals surface area contributed by atoms with Crippen molar-refractivity contribution in [3.63, 3.8) is 0 Å². The van der Waals surface area contributed by atoms with E-state index in [1.165, 1.54) is 32.6 Å². The summed E-state index contributed by atoms with van der Waals surface area (Å²) in [5, 5.41) is 165. The van der Waals surface area contributed by atoms with Crippen LogP contribution in [0.25, 0.3) is 0 Å². The smallest absolute Gasteiger partial charge is 0.335 e. The van der Waals surface area contributed by atoms with Gasteiger partial charge in [0.1, 0.15) is 116 Å². The Bertz CT molecular complexity index is 3230. The largest absolute Gasteiger partial charge is 0.479 e. The Labute approximate surface area is 663 Å². The van der Waals surface area contributed by atoms with Crippen LogP contribution in [-0.4, -0.2) is 299 Å². The molecular formula is C82H134O31. The number of carboxylic acids is 1. The first kappa shape index (κ1) is 90.8. The molecule has 15 N–H and O–H groups in total. The molecule has 648 valence electrons. The molecule has 5 aliphatic carbocycles. The van der Waals surface area contributed by atoms with Crippen molar-refractivity contribution in [1.29, 1.82) is 0 Å². The summed E-state index contributed by atoms with van der Waals surface area (Å²) in [6.07, 6.45) is -30.9. The van der Waals surface area contributed by atoms with Gasteiger partial charge < -0.3 is 143 Å². The molecular weight excluding hydrogens is 1480 g/mol. The third kappa shape index (κ3) is 18.1. The fourth-order valence-corrected chi connectivity index (χ4v) is 21.5. The Morgan fingerprint density at radius 1 is 0.558 bits per heavy atom. The van der Waals surface area contributed by atoms with Gasteiger partial charge in [-0.1, -0.05) is 125 Å². The van der Waals surface area contributed by atoms with Gasteiger partial charge in [0.05, 0.1) is 55.6 Å². The number of aliphatic hydroxyl groups is 14. The molecule has 0 radical (unpaired) electrons. The SMILES string of the molecule is C/C(=C\CO[C@@H]1[C@H](O)[C@@H](O[C@@H]2O[C@@H](C)[C@H](O[C@@H]3OC[C@@H](O)[C@H](O)[C@H]3O)[C@@H](O)[C@H]2O)[C@H](OC(=O)[C@]23CCC(C)(C)CC2C2=CCC4[C@@]5(C)CC[C@H](O[C@@H]6O[C@H](C(=O)O)[C@@H](O)[C@H](O[C@@H]7OC[C@@H](O)[C@H](O)[C@H]7O)[C@H]6O[C@@H]6O[C@H](CO)[C@H](O)[C@H](O)[C@H]6O)[C@@](C)(C=O)C5CC[C@@]4(C)[C@]2(C)CC3)O[C@@H]1C)CCCC(C)CCC(C)CCC(C)C. The number of allylic oxidation sites excluding steroid dienone is 3. The number of ether oxygens (including phenoxy) is 13. The molecule has 31 nitrogen and oxygen atoms in total. The highest BCUT2D eigenvalue weighted by atomic mass is 16.8. The maximum atomic E-state index is 16.1. The van der Waals surface area contributed by atoms with Gasteiger partial charge >= 0.3 is 11.9 Å². The molecule has 6 saturated heterocycles. The third-order valence-electron chi connectivity index (χ3n) is 29.1. The fourth-order valence-electron chi connectivity index (χ4n) is 21.5. The van der Waals surface area contributed by atoms with Gasteiger partial charge in [-0.05, 0) is 155 Å². The van der Waals surface area contributed by atoms with Crippen molar-refractivity contribution in [3.05, 3.63) is 23.3 Å². The van der Waals surface area contributed by atoms with Crippen molar-refractivity contribution < 1.29 is 153 Å². The lowest BCUT2D eigenvalue weighted by molar-refractivity contribution is -0.391. The zero-order valence-corrected chi connectivity index (χ0v) is 68.0. The van der Waals surface area contributed by atoms with Gasteiger partial charge in [-0.3, -0.25) is 4.79 Å². The van der Waals surface area contributed by atoms with E-state index < -0.39 is 243 Å². The number of carbonyl (C=O) groups excluding carboxylic acids is 2. The highest BCUT2D eigenvalue weighted by Crippen LogP contribution is 2.76. The summed E-state index contributed by atoms with van der Waals surface area (Å²) in [7, 11) is 0. The molecule has 0 aromatic heterocycles. The minimum Gasteiger partial charge on any atom is -0.479 e. The van der Waals surface area contributed by atoms with E-state index in [2.05, 4.69) is 68.4 Å². The number of aliphatic carboxylic acids is 1. The lowest BCUT2D eigenvalue weighted by Crippen LogP contribution is -2.68. The summed E-state index contributed by atoms with van der Waals surface area (Å²) >= 11 is 0. The van der Waals surface area contributed by atoms with E-state index >= 15 is 4.79 Å². The average Bonchev–Trinajstić information content (AvgIpc) is 0.674. The minimum atomic E-state index is -2.19. The summed E-state index contributed by atoms with van der Waals surface area (Å²) in [4.78, 5) is 43.5. The first-order chi connectivity index (χ1) is 53.1. The van der Waals surface area contributed by atoms with Crippen LogP contribution in [0, 0.1) is 68.0 Å². The van der Waals surface area contributed by atoms with Gasteiger partial charge in [0, 0.05) is 0 Å². The van der Waals surface area contributed by atoms with Crippen LogP contribution in [0.15, 0.2) is 23.3 Å². The number of aliphatic hydroxyl groups excluding tert-OH is 14. The predicted octanol–water partition coefficient (Wildman–Crippen LogP) is 2.85. The summed E-state index contributed by atoms with van der Waals surface area (Å²) in [6, 6.07) is 0. The van der Waals surface area contributed by atoms with Crippen molar-refractivity contribution in [1.82, 2.24) is 0 Å². The van der Waals surface area contributed by atoms with E-state index in [4.69, 9.17) is 61.6 Å². The van der Waals surface area contributed by atoms with Crippen LogP contribution in [0.2, 0.25) is 0 Å². The molecule has 31 heteroatoms. The first-order valence-electron chi connectivity index (χ1n) is 41.6. The van der Waals surface area contributed by atoms with Crippen LogP contribution < -0.4 is 0 Å². The summed E-state index contributed by atoms with van der Waals surface area (Å²) < 4.78 is 80.6. The van der Waals surface area contributed by atoms with Crippen molar-refractivity contribution in [2.45, 2.75) is 377 Å². The van der Waals surface area contributed by atoms with Crippen molar-refractivity contribution >= 4 is 18.2 Å². The summed E-state index contributed by atoms with van der Waals surface area (Å²) in [5.41, 5.74) is -2.10. The Morgan fingerprint density at radius 2 is 1.12 bits per heavy atom. The lowest BCUT2D eigenvalue weighted by Gasteiger charge is -2.71. The second-order valence-corrected chi connectivity index (χ2v) is 37.7. The van der Waals surface area contributed by atoms with E-state index in [1.54, 1.807) is 13.8 Å². The fraction of sp³-hybridized carbons (Fsp3) is 0.915. The van der Waals surface area contributed by atoms with Crippen LogP contribution in [0.3, 0.4) is 0 Å². The molecule has 10 fully saturated rings. The summed E-state index contributed by atoms with van der Waals surface area (Å²) in [6.45, 7) is 25.7. The Morgan fingerprint density at radius 3 is 1.75 bits per heavy atom. The van der Waals surface area contributed by atoms with Gasteiger partial charge in [0.15, 0.2) is 43.7 Å². The van der Waals surface area contributed by atoms with E-state index in [0.29, 0.717) is 75.5 Å². The maximum Gasteiger partial charge on any atom is 0.335 e. The summed E-state index contributed by atoms with van der Waals surface area (Å²) in [5.74, 6) is -1.15. The average molecular weight is 1620 g/mol. The second-order valence-electron chi connectivity index (χ2n) is 37.7. The Hall–Kier alpha value is -2.95. The highest BCUT2D eigenvalue weighted by Gasteiger charge is 2.71. The van der Waals surface area contributed by atoms with E-state index in [9.17, 15) is 86.2 Å². The number of hydrogen-bond donors (Lipinski definition) is 15. The van der Waals surface area contributed by atoms with Crippen LogP contribution in [0.4, 0.5) is 0 Å². The molecule has 6 heterocycles. The molecule has 0 aromatic rings. The predicted molar refractivity (Wildman–Crippen MR) is 397 cm³/mol. The molecule has 6 aliphatic heterocycles. The molecule has 0 amide bonds. The standard InChI is InChI=1S/C82H134O31/c1-38(2)17-18-41(5)20-19-39(3)15-14-16-40(4)25-32-101-63-42(6)105-74(67(61(63)96)111-72-60(95)56(91)64(43(7)104-72)108-70-57(92)52(87)46(85)35-102-70)113-76(100)82-30-28-77(8,9)33-45(82)44-21-22-50-78(10)26-24-51(79(11,37-84)49(78)23-27-81(50,13)80(44,12)29-31-82)107-75-68(112-73-59(94)55(90)54(89)48(34-83)106-73)65(62(97)66(110-75)69(98)99)109-71-58(93)53(88)47(86)36-103-71/h21,25,37-39,41-43,45-68,70-75,83,85-97H,14-20,22-24,26-36H2,1-13H3,(H,98,99)/b40-25+/t39?,41?,42-,43+,45?,46-,47-,48-,49?,50?,51+,52+,53+,54+,55+,56+,57-,58-,59-,60-,61+,62+,63+,64+,65+,66+,67-,68-,70+,71+,72+,73+,74+,75-,78+,79+,80-,81-,82+/m1/s1. The quantitative estimate of drug-likeness (QED) is 0.0232. The van der Waals surface area contributed by atoms with Crippen molar-refractivity contribution in [2.24, 2.45) is 68.0 Å². The topological polar surface area (TPSA) is 475 Å². The highest BCUT2D eigenvalue weighted by molar-refractivity contribution is 5.79. The zero-order chi connectivity index (χ0) is 82.7. The molecule has 11 rings (SSSR count). The van der Waals surface area contributed by atoms with Crippen LogP contribution in [-0.2, 0) is 76.0 Å². The number of carbonyl (C=O) groups is 3. The lowest BCUT2D eigenvalue weighted by atomic mass is 9.33. The molecule has 4 saturated carbocycles. The number of hydrogen-bond acceptors (Lipinski definition) is 30. The number of esters is 1. The van der Waals surface area contributed by atoms with Gasteiger partial charge in [0.25, 0.3) is 0 Å². The maximum absolute atomic E-state index is 16.1. The molecule has 11 aliphatic rings. The monoisotopic (exact) mass is 1610 g/mol. The van der Waals surface area contributed by atoms with Gasteiger partial charge in [-0.2, -0.15) is 0 Å². The van der Waals surface area contributed by atoms with Crippen LogP contribution in [0.1, 0.15) is 199 Å². The van der Waals surface area contributed by atoms with Crippen molar-refractivity contribution in [2.75, 3.05) is 26.4 Å². The van der Waals surface area contributed by atoms with Crippen LogP contribution in [0.5, 0.6) is 0 Å². The zero-order valence-electron chi connectivity index (χ0n) is 68.0. The number of aldehydes is 1. The number of fused-ring (bicyclic) bond motifs is 7. The normalized spacial score (nSPS) is 48.7. The van der Waals surface area contributed by atoms with Crippen LogP contribution >= 0.6 is 0 Å². The van der Waals surface area contributed by atoms with Gasteiger partial charge in [0.2, 0.25) is 6.29 Å². The first-order valence-corrected chi connectivity index (χ1v) is 41.6. The number of rotatable bonds is 28. The van der Waals surface area contributed by atoms with E-state index in [0.717, 1.165) is 36.7 Å². The van der Waals surface area contributed by atoms with Crippen molar-refractivity contribution in [3.8, 4) is 0 Å². The van der Waals surface area contributed by atoms with E-state index in [-0.39, 0.29) is 30.3 Å². The number of carboxylic acid groups (broad SMARTS) is 1. The molecule has 113 heavy (non-hydrogen) atoms. The molecule has 39 atom stereocenters. The van der Waals surface area contributed by atoms with E-state index in [1.807, 2.05) is 13.0 Å². The van der Waals surface area contributed by atoms with Gasteiger partial charge in [-0.15, -0.1) is 0 Å². The molecule has 0 bridgehead atoms. The Balaban J connectivity index is 0.836. The molecule has 5 unspecified atom stereocenters. The Kier molecular flexibility index (Phi) is 29.2. The minimum absolute atomic E-state index is 0.0791. The molecule has 0 spiro atoms. The molecule has 0 aromatic carbocycles. The second kappa shape index (κ2) is 36.4. The van der Waals surface area contributed by atoms with Gasteiger partial charge in [-0.25, -0.2) is 4.79 Å². The third-order valence-corrected chi connectivity index (χ3v) is 29.1.